The fourth-order valence-electron chi connectivity index (χ4n) is 0.610. The lowest BCUT2D eigenvalue weighted by Gasteiger charge is -1.86. The van der Waals surface area contributed by atoms with Crippen molar-refractivity contribution in [1.29, 1.82) is 0 Å². The summed E-state index contributed by atoms with van der Waals surface area (Å²) in [7, 11) is 0. The molecule has 0 unspecified atom stereocenters. The lowest BCUT2D eigenvalue weighted by atomic mass is 10.2. The molecular formula is C9H15Cl. The standard InChI is InChI=1S/C9H15Cl/c1-2-3-4-5-6-7-8-9-10/h2-3,6-9H2,1H3. The molecular weight excluding hydrogens is 144 g/mol. The smallest absolute Gasteiger partial charge is 0.0223 e. The zero-order chi connectivity index (χ0) is 7.66. The Morgan fingerprint density at radius 2 is 1.80 bits per heavy atom. The number of rotatable bonds is 4. The summed E-state index contributed by atoms with van der Waals surface area (Å²) in [5, 5.41) is 0. The van der Waals surface area contributed by atoms with Crippen molar-refractivity contribution in [2.75, 3.05) is 5.88 Å². The summed E-state index contributed by atoms with van der Waals surface area (Å²) in [5.41, 5.74) is 0. The SMILES string of the molecule is CCCC#CCCCCCl. The molecule has 0 fully saturated rings. The Hall–Kier alpha value is -0.150. The van der Waals surface area contributed by atoms with Crippen LogP contribution in [-0.4, -0.2) is 5.88 Å². The third-order valence-electron chi connectivity index (χ3n) is 1.19. The Kier molecular flexibility index (Phi) is 8.72. The summed E-state index contributed by atoms with van der Waals surface area (Å²) >= 11 is 5.49. The van der Waals surface area contributed by atoms with Crippen LogP contribution in [-0.2, 0) is 0 Å². The van der Waals surface area contributed by atoms with Gasteiger partial charge in [-0.1, -0.05) is 6.92 Å². The molecule has 0 aliphatic heterocycles. The van der Waals surface area contributed by atoms with E-state index in [-0.39, 0.29) is 0 Å². The summed E-state index contributed by atoms with van der Waals surface area (Å²) in [6, 6.07) is 0. The first-order valence-electron chi connectivity index (χ1n) is 3.93. The van der Waals surface area contributed by atoms with Gasteiger partial charge < -0.3 is 0 Å². The predicted molar refractivity (Wildman–Crippen MR) is 47.3 cm³/mol. The highest BCUT2D eigenvalue weighted by atomic mass is 35.5. The van der Waals surface area contributed by atoms with Gasteiger partial charge in [0.15, 0.2) is 0 Å². The second kappa shape index (κ2) is 8.85. The van der Waals surface area contributed by atoms with Crippen LogP contribution in [0.1, 0.15) is 39.0 Å². The monoisotopic (exact) mass is 158 g/mol. The van der Waals surface area contributed by atoms with Gasteiger partial charge in [-0.25, -0.2) is 0 Å². The summed E-state index contributed by atoms with van der Waals surface area (Å²) in [6.07, 6.45) is 5.48. The third-order valence-corrected chi connectivity index (χ3v) is 1.45. The van der Waals surface area contributed by atoms with Gasteiger partial charge >= 0.3 is 0 Å². The minimum absolute atomic E-state index is 0.773. The fraction of sp³-hybridized carbons (Fsp3) is 0.778. The number of halogens is 1. The summed E-state index contributed by atoms with van der Waals surface area (Å²) in [6.45, 7) is 2.15. The maximum atomic E-state index is 5.49. The van der Waals surface area contributed by atoms with E-state index >= 15 is 0 Å². The number of unbranched alkanes of at least 4 members (excludes halogenated alkanes) is 3. The van der Waals surface area contributed by atoms with Crippen LogP contribution in [0.4, 0.5) is 0 Å². The average Bonchev–Trinajstić information content (AvgIpc) is 1.97. The molecule has 0 nitrogen and oxygen atoms in total. The summed E-state index contributed by atoms with van der Waals surface area (Å²) in [5.74, 6) is 6.99. The largest absolute Gasteiger partial charge is 0.127 e. The molecule has 0 bridgehead atoms. The zero-order valence-electron chi connectivity index (χ0n) is 6.62. The number of hydrogen-bond donors (Lipinski definition) is 0. The second-order valence-electron chi connectivity index (χ2n) is 2.25. The Morgan fingerprint density at radius 3 is 2.40 bits per heavy atom. The highest BCUT2D eigenvalue weighted by Crippen LogP contribution is 1.95. The molecule has 0 saturated heterocycles. The number of alkyl halides is 1. The first-order valence-corrected chi connectivity index (χ1v) is 4.47. The predicted octanol–water partition coefficient (Wildman–Crippen LogP) is 3.20. The first-order chi connectivity index (χ1) is 4.91. The molecule has 0 saturated carbocycles. The van der Waals surface area contributed by atoms with Crippen molar-refractivity contribution < 1.29 is 0 Å². The molecule has 0 aromatic rings. The van der Waals surface area contributed by atoms with Gasteiger partial charge in [0.25, 0.3) is 0 Å². The Morgan fingerprint density at radius 1 is 1.10 bits per heavy atom. The molecule has 0 spiro atoms. The van der Waals surface area contributed by atoms with Gasteiger partial charge in [-0.05, 0) is 19.3 Å². The van der Waals surface area contributed by atoms with E-state index in [0.29, 0.717) is 0 Å². The van der Waals surface area contributed by atoms with Crippen molar-refractivity contribution in [3.8, 4) is 11.8 Å². The zero-order valence-corrected chi connectivity index (χ0v) is 7.38. The van der Waals surface area contributed by atoms with Crippen LogP contribution in [0.2, 0.25) is 0 Å². The van der Waals surface area contributed by atoms with Crippen molar-refractivity contribution >= 4 is 11.6 Å². The first kappa shape index (κ1) is 9.85. The molecule has 0 N–H and O–H groups in total. The highest BCUT2D eigenvalue weighted by Gasteiger charge is 1.80. The molecule has 0 atom stereocenters. The van der Waals surface area contributed by atoms with E-state index < -0.39 is 0 Å². The minimum atomic E-state index is 0.773. The molecule has 58 valence electrons. The van der Waals surface area contributed by atoms with Crippen molar-refractivity contribution in [1.82, 2.24) is 0 Å². The number of hydrogen-bond acceptors (Lipinski definition) is 0. The normalized spacial score (nSPS) is 8.60. The van der Waals surface area contributed by atoms with Crippen molar-refractivity contribution in [2.45, 2.75) is 39.0 Å². The van der Waals surface area contributed by atoms with E-state index in [9.17, 15) is 0 Å². The van der Waals surface area contributed by atoms with Crippen LogP contribution in [0, 0.1) is 11.8 Å². The van der Waals surface area contributed by atoms with Crippen LogP contribution in [0.15, 0.2) is 0 Å². The van der Waals surface area contributed by atoms with Crippen LogP contribution in [0.3, 0.4) is 0 Å². The molecule has 0 heterocycles. The average molecular weight is 159 g/mol. The van der Waals surface area contributed by atoms with Gasteiger partial charge in [0.2, 0.25) is 0 Å². The molecule has 1 heteroatoms. The quantitative estimate of drug-likeness (QED) is 0.335. The van der Waals surface area contributed by atoms with E-state index in [1.807, 2.05) is 0 Å². The lowest BCUT2D eigenvalue weighted by Crippen LogP contribution is -1.74. The molecule has 10 heavy (non-hydrogen) atoms. The Balaban J connectivity index is 2.96. The molecule has 0 aromatic heterocycles. The van der Waals surface area contributed by atoms with Crippen molar-refractivity contribution in [2.24, 2.45) is 0 Å². The molecule has 0 aromatic carbocycles. The summed E-state index contributed by atoms with van der Waals surface area (Å²) < 4.78 is 0. The molecule has 0 aliphatic carbocycles. The Bertz CT molecular complexity index is 108. The highest BCUT2D eigenvalue weighted by molar-refractivity contribution is 6.17. The van der Waals surface area contributed by atoms with Crippen molar-refractivity contribution in [3.05, 3.63) is 0 Å². The van der Waals surface area contributed by atoms with Crippen LogP contribution >= 0.6 is 11.6 Å². The summed E-state index contributed by atoms with van der Waals surface area (Å²) in [4.78, 5) is 0. The molecule has 0 amide bonds. The van der Waals surface area contributed by atoms with Gasteiger partial charge in [0.05, 0.1) is 0 Å². The molecule has 0 radical (unpaired) electrons. The van der Waals surface area contributed by atoms with Crippen LogP contribution < -0.4 is 0 Å². The van der Waals surface area contributed by atoms with E-state index in [1.165, 1.54) is 6.42 Å². The van der Waals surface area contributed by atoms with Crippen molar-refractivity contribution in [3.63, 3.8) is 0 Å². The maximum Gasteiger partial charge on any atom is 0.0223 e. The maximum absolute atomic E-state index is 5.49. The van der Waals surface area contributed by atoms with E-state index in [2.05, 4.69) is 18.8 Å². The molecule has 0 rings (SSSR count). The van der Waals surface area contributed by atoms with E-state index in [0.717, 1.165) is 31.6 Å². The van der Waals surface area contributed by atoms with Gasteiger partial charge in [0, 0.05) is 18.7 Å². The fourth-order valence-corrected chi connectivity index (χ4v) is 0.799. The van der Waals surface area contributed by atoms with Gasteiger partial charge in [-0.3, -0.25) is 0 Å². The van der Waals surface area contributed by atoms with Gasteiger partial charge in [-0.2, -0.15) is 0 Å². The molecule has 0 aliphatic rings. The van der Waals surface area contributed by atoms with E-state index in [1.54, 1.807) is 0 Å². The third kappa shape index (κ3) is 7.85. The topological polar surface area (TPSA) is 0 Å². The van der Waals surface area contributed by atoms with E-state index in [4.69, 9.17) is 11.6 Å². The lowest BCUT2D eigenvalue weighted by molar-refractivity contribution is 0.832. The Labute approximate surface area is 69.0 Å². The van der Waals surface area contributed by atoms with Crippen LogP contribution in [0.25, 0.3) is 0 Å². The minimum Gasteiger partial charge on any atom is -0.127 e. The van der Waals surface area contributed by atoms with Crippen LogP contribution in [0.5, 0.6) is 0 Å². The van der Waals surface area contributed by atoms with Gasteiger partial charge in [0.1, 0.15) is 0 Å². The van der Waals surface area contributed by atoms with Gasteiger partial charge in [-0.15, -0.1) is 23.4 Å². The second-order valence-corrected chi connectivity index (χ2v) is 2.63.